The van der Waals surface area contributed by atoms with Crippen LogP contribution in [0, 0.1) is 36.0 Å². The van der Waals surface area contributed by atoms with Gasteiger partial charge in [-0.05, 0) is 83.8 Å². The molecule has 1 aliphatic heterocycles. The van der Waals surface area contributed by atoms with E-state index in [2.05, 4.69) is 75.1 Å². The maximum Gasteiger partial charge on any atom is 0.407 e. The van der Waals surface area contributed by atoms with E-state index < -0.39 is 18.2 Å². The number of likely N-dealkylation sites (tertiary alicyclic amines) is 1. The molecule has 1 saturated heterocycles. The van der Waals surface area contributed by atoms with Crippen LogP contribution in [0.4, 0.5) is 4.79 Å². The SMILES string of the molecule is C#C[C@@H](C)CN(Cc1nc2ccc3cc(-c4ccc5c(ccc6nc([C@@H]7CC(COC)CN7C(=O)[C@H](NC(=O)C7CCC7)c7ccccc7)[nH]c65)c4)ccc3c2[nH]1)C(=O)[C@@H](NC(=O)OC)C(C)C. The van der Waals surface area contributed by atoms with Crippen molar-refractivity contribution in [1.29, 1.82) is 0 Å². The average molecular weight is 915 g/mol. The number of carbonyl (C=O) groups is 4. The Kier molecular flexibility index (Phi) is 13.2. The molecule has 4 amide bonds. The topological polar surface area (TPSA) is 175 Å². The lowest BCUT2D eigenvalue weighted by Gasteiger charge is -2.31. The Morgan fingerprint density at radius 3 is 2.12 bits per heavy atom. The number of nitrogens with zero attached hydrogens (tertiary/aromatic N) is 4. The zero-order chi connectivity index (χ0) is 47.6. The van der Waals surface area contributed by atoms with E-state index in [1.54, 1.807) is 12.0 Å². The van der Waals surface area contributed by atoms with E-state index in [0.29, 0.717) is 31.2 Å². The van der Waals surface area contributed by atoms with Crippen molar-refractivity contribution in [3.63, 3.8) is 0 Å². The molecule has 14 nitrogen and oxygen atoms in total. The molecule has 5 atom stereocenters. The number of amides is 4. The fraction of sp³-hybridized carbons (Fsp3) is 0.370. The Morgan fingerprint density at radius 2 is 1.51 bits per heavy atom. The number of methoxy groups -OCH3 is 2. The number of hydrogen-bond acceptors (Lipinski definition) is 8. The molecule has 14 heteroatoms. The summed E-state index contributed by atoms with van der Waals surface area (Å²) in [5, 5.41) is 9.87. The van der Waals surface area contributed by atoms with E-state index in [0.717, 1.165) is 79.6 Å². The number of terminal acetylenes is 1. The fourth-order valence-electron chi connectivity index (χ4n) is 9.79. The molecule has 1 aliphatic carbocycles. The van der Waals surface area contributed by atoms with Gasteiger partial charge in [0.2, 0.25) is 17.7 Å². The van der Waals surface area contributed by atoms with Crippen molar-refractivity contribution < 1.29 is 28.7 Å². The third-order valence-corrected chi connectivity index (χ3v) is 13.7. The van der Waals surface area contributed by atoms with Crippen LogP contribution >= 0.6 is 0 Å². The van der Waals surface area contributed by atoms with Gasteiger partial charge in [-0.1, -0.05) is 87.0 Å². The van der Waals surface area contributed by atoms with Gasteiger partial charge in [-0.2, -0.15) is 0 Å². The van der Waals surface area contributed by atoms with Gasteiger partial charge in [0, 0.05) is 48.7 Å². The lowest BCUT2D eigenvalue weighted by Crippen LogP contribution is -2.51. The third-order valence-electron chi connectivity index (χ3n) is 13.7. The molecule has 68 heavy (non-hydrogen) atoms. The molecule has 5 aromatic carbocycles. The molecule has 350 valence electrons. The van der Waals surface area contributed by atoms with E-state index in [4.69, 9.17) is 25.9 Å². The summed E-state index contributed by atoms with van der Waals surface area (Å²) in [5.41, 5.74) is 6.18. The molecule has 0 radical (unpaired) electrons. The summed E-state index contributed by atoms with van der Waals surface area (Å²) in [5.74, 6) is 3.16. The second-order valence-electron chi connectivity index (χ2n) is 18.8. The second-order valence-corrected chi connectivity index (χ2v) is 18.8. The van der Waals surface area contributed by atoms with E-state index in [-0.39, 0.29) is 60.5 Å². The van der Waals surface area contributed by atoms with Crippen LogP contribution in [0.2, 0.25) is 0 Å². The van der Waals surface area contributed by atoms with Gasteiger partial charge in [-0.15, -0.1) is 12.3 Å². The highest BCUT2D eigenvalue weighted by atomic mass is 16.5. The predicted molar refractivity (Wildman–Crippen MR) is 263 cm³/mol. The molecule has 7 aromatic rings. The molecule has 4 N–H and O–H groups in total. The van der Waals surface area contributed by atoms with Gasteiger partial charge in [-0.25, -0.2) is 14.8 Å². The number of nitrogens with one attached hydrogen (secondary N) is 4. The summed E-state index contributed by atoms with van der Waals surface area (Å²) in [6.07, 6.45) is 8.45. The van der Waals surface area contributed by atoms with Crippen LogP contribution < -0.4 is 10.6 Å². The van der Waals surface area contributed by atoms with Crippen LogP contribution in [-0.2, 0) is 30.4 Å². The van der Waals surface area contributed by atoms with Gasteiger partial charge >= 0.3 is 6.09 Å². The minimum atomic E-state index is -0.807. The number of aromatic nitrogens is 4. The first-order chi connectivity index (χ1) is 32.9. The zero-order valence-corrected chi connectivity index (χ0v) is 39.2. The highest BCUT2D eigenvalue weighted by molar-refractivity contribution is 6.07. The van der Waals surface area contributed by atoms with E-state index in [1.165, 1.54) is 7.11 Å². The molecule has 1 unspecified atom stereocenters. The maximum absolute atomic E-state index is 14.7. The Hall–Kier alpha value is -7.24. The first kappa shape index (κ1) is 45.9. The number of imidazole rings is 2. The fourth-order valence-corrected chi connectivity index (χ4v) is 9.79. The van der Waals surface area contributed by atoms with Gasteiger partial charge in [0.15, 0.2) is 0 Å². The molecular weight excluding hydrogens is 857 g/mol. The second kappa shape index (κ2) is 19.5. The van der Waals surface area contributed by atoms with Crippen molar-refractivity contribution in [2.45, 2.75) is 71.1 Å². The van der Waals surface area contributed by atoms with E-state index in [1.807, 2.05) is 68.1 Å². The van der Waals surface area contributed by atoms with Crippen molar-refractivity contribution in [2.75, 3.05) is 33.9 Å². The summed E-state index contributed by atoms with van der Waals surface area (Å²) in [7, 11) is 2.95. The Bertz CT molecular complexity index is 3060. The number of H-pyrrole nitrogens is 2. The number of aromatic amines is 2. The highest BCUT2D eigenvalue weighted by Crippen LogP contribution is 2.39. The van der Waals surface area contributed by atoms with Crippen LogP contribution in [0.1, 0.15) is 75.8 Å². The van der Waals surface area contributed by atoms with Crippen LogP contribution in [-0.4, -0.2) is 93.5 Å². The van der Waals surface area contributed by atoms with Crippen LogP contribution in [0.5, 0.6) is 0 Å². The molecule has 0 bridgehead atoms. The minimum absolute atomic E-state index is 0.0569. The molecule has 3 heterocycles. The number of fused-ring (bicyclic) bond motifs is 6. The van der Waals surface area contributed by atoms with Gasteiger partial charge in [0.05, 0.1) is 48.4 Å². The van der Waals surface area contributed by atoms with Gasteiger partial charge in [-0.3, -0.25) is 14.4 Å². The lowest BCUT2D eigenvalue weighted by molar-refractivity contribution is -0.139. The highest BCUT2D eigenvalue weighted by Gasteiger charge is 2.42. The molecule has 9 rings (SSSR count). The van der Waals surface area contributed by atoms with Crippen molar-refractivity contribution >= 4 is 67.4 Å². The number of benzene rings is 5. The molecule has 2 fully saturated rings. The summed E-state index contributed by atoms with van der Waals surface area (Å²) < 4.78 is 10.4. The Balaban J connectivity index is 0.979. The average Bonchev–Trinajstić information content (AvgIpc) is 4.08. The van der Waals surface area contributed by atoms with E-state index >= 15 is 0 Å². The maximum atomic E-state index is 14.7. The van der Waals surface area contributed by atoms with Gasteiger partial charge < -0.3 is 39.9 Å². The van der Waals surface area contributed by atoms with Crippen molar-refractivity contribution in [1.82, 2.24) is 40.4 Å². The largest absolute Gasteiger partial charge is 0.453 e. The summed E-state index contributed by atoms with van der Waals surface area (Å²) in [6.45, 7) is 7.07. The van der Waals surface area contributed by atoms with Gasteiger partial charge in [0.25, 0.3) is 0 Å². The molecular formula is C54H58N8O6. The summed E-state index contributed by atoms with van der Waals surface area (Å²) >= 11 is 0. The number of rotatable bonds is 15. The number of ether oxygens (including phenoxy) is 2. The minimum Gasteiger partial charge on any atom is -0.453 e. The smallest absolute Gasteiger partial charge is 0.407 e. The van der Waals surface area contributed by atoms with Crippen LogP contribution in [0.15, 0.2) is 91.0 Å². The van der Waals surface area contributed by atoms with Crippen molar-refractivity contribution in [3.8, 4) is 23.5 Å². The normalized spacial score (nSPS) is 17.5. The summed E-state index contributed by atoms with van der Waals surface area (Å²) in [4.78, 5) is 74.6. The van der Waals surface area contributed by atoms with Crippen molar-refractivity contribution in [3.05, 3.63) is 108 Å². The number of alkyl carbamates (subject to hydrolysis) is 1. The zero-order valence-electron chi connectivity index (χ0n) is 39.2. The Labute approximate surface area is 395 Å². The molecule has 0 spiro atoms. The summed E-state index contributed by atoms with van der Waals surface area (Å²) in [6, 6.07) is 28.5. The first-order valence-electron chi connectivity index (χ1n) is 23.5. The van der Waals surface area contributed by atoms with E-state index in [9.17, 15) is 19.2 Å². The van der Waals surface area contributed by atoms with Gasteiger partial charge in [0.1, 0.15) is 23.7 Å². The monoisotopic (exact) mass is 914 g/mol. The van der Waals surface area contributed by atoms with Crippen molar-refractivity contribution in [2.24, 2.45) is 23.7 Å². The predicted octanol–water partition coefficient (Wildman–Crippen LogP) is 8.58. The van der Waals surface area contributed by atoms with Crippen LogP contribution in [0.3, 0.4) is 0 Å². The standard InChI is InChI=1S/C54H58N8O6/c1-7-32(4)27-61(52(64)46(31(2)3)60-54(66)68-6)29-45-55-42-22-18-38-25-36(16-20-40(38)48(42)57-45)37-17-21-41-39(26-37)19-23-43-49(41)58-50(56-43)44-24-33(30-67-5)28-62(44)53(65)47(34-12-9-8-10-13-34)59-51(63)35-14-11-15-35/h1,8-10,12-13,16-23,25-26,31-33,35,44,46-47H,11,14-15,24,27-30H2,2-6H3,(H,55,57)(H,56,58)(H,59,63)(H,60,66)/t32-,33?,44+,46+,47-/m1/s1. The third kappa shape index (κ3) is 9.23. The molecule has 1 saturated carbocycles. The Morgan fingerprint density at radius 1 is 0.853 bits per heavy atom. The van der Waals surface area contributed by atoms with Crippen LogP contribution in [0.25, 0.3) is 54.7 Å². The number of hydrogen-bond donors (Lipinski definition) is 4. The first-order valence-corrected chi connectivity index (χ1v) is 23.5. The number of carbonyl (C=O) groups excluding carboxylic acids is 4. The quantitative estimate of drug-likeness (QED) is 0.0740. The molecule has 2 aliphatic rings. The lowest BCUT2D eigenvalue weighted by atomic mass is 9.84. The molecule has 2 aromatic heterocycles.